The highest BCUT2D eigenvalue weighted by Gasteiger charge is 2.44. The van der Waals surface area contributed by atoms with Crippen LogP contribution in [0, 0.1) is 5.92 Å². The lowest BCUT2D eigenvalue weighted by Crippen LogP contribution is -2.57. The molecule has 1 saturated carbocycles. The van der Waals surface area contributed by atoms with Crippen LogP contribution < -0.4 is 11.1 Å². The fraction of sp³-hybridized carbons (Fsp3) is 0.818. The molecule has 0 aromatic rings. The van der Waals surface area contributed by atoms with Gasteiger partial charge in [0.2, 0.25) is 5.91 Å². The van der Waals surface area contributed by atoms with Gasteiger partial charge in [0, 0.05) is 0 Å². The second kappa shape index (κ2) is 4.82. The maximum atomic E-state index is 11.8. The monoisotopic (exact) mass is 228 g/mol. The number of aliphatic carboxylic acids is 1. The van der Waals surface area contributed by atoms with E-state index in [1.54, 1.807) is 6.92 Å². The van der Waals surface area contributed by atoms with E-state index in [4.69, 9.17) is 10.8 Å². The molecule has 5 heteroatoms. The van der Waals surface area contributed by atoms with Gasteiger partial charge in [0.1, 0.15) is 6.04 Å². The number of carbonyl (C=O) groups excluding carboxylic acids is 1. The van der Waals surface area contributed by atoms with Gasteiger partial charge in [-0.2, -0.15) is 0 Å². The van der Waals surface area contributed by atoms with Crippen molar-refractivity contribution >= 4 is 11.9 Å². The topological polar surface area (TPSA) is 92.4 Å². The minimum Gasteiger partial charge on any atom is -0.480 e. The smallest absolute Gasteiger partial charge is 0.326 e. The van der Waals surface area contributed by atoms with Crippen molar-refractivity contribution in [2.75, 3.05) is 0 Å². The van der Waals surface area contributed by atoms with Gasteiger partial charge >= 0.3 is 5.97 Å². The predicted molar refractivity (Wildman–Crippen MR) is 59.8 cm³/mol. The van der Waals surface area contributed by atoms with Crippen LogP contribution in [0.5, 0.6) is 0 Å². The fourth-order valence-corrected chi connectivity index (χ4v) is 1.73. The maximum absolute atomic E-state index is 11.8. The molecule has 0 saturated heterocycles. The van der Waals surface area contributed by atoms with Crippen molar-refractivity contribution in [3.05, 3.63) is 0 Å². The van der Waals surface area contributed by atoms with Gasteiger partial charge in [-0.3, -0.25) is 4.79 Å². The molecule has 1 amide bonds. The third-order valence-electron chi connectivity index (χ3n) is 3.10. The van der Waals surface area contributed by atoms with Gasteiger partial charge in [-0.1, -0.05) is 13.3 Å². The molecule has 1 rings (SSSR count). The van der Waals surface area contributed by atoms with Crippen molar-refractivity contribution in [3.8, 4) is 0 Å². The molecular formula is C11H20N2O3. The Morgan fingerprint density at radius 2 is 2.12 bits per heavy atom. The van der Waals surface area contributed by atoms with E-state index in [0.717, 1.165) is 12.8 Å². The van der Waals surface area contributed by atoms with Gasteiger partial charge in [-0.15, -0.1) is 0 Å². The van der Waals surface area contributed by atoms with E-state index in [0.29, 0.717) is 12.8 Å². The van der Waals surface area contributed by atoms with Crippen LogP contribution >= 0.6 is 0 Å². The number of carbonyl (C=O) groups is 2. The summed E-state index contributed by atoms with van der Waals surface area (Å²) in [5.41, 5.74) is 4.98. The first-order valence-electron chi connectivity index (χ1n) is 5.72. The highest BCUT2D eigenvalue weighted by Crippen LogP contribution is 2.38. The van der Waals surface area contributed by atoms with Crippen LogP contribution in [-0.4, -0.2) is 28.6 Å². The predicted octanol–water partition coefficient (Wildman–Crippen LogP) is 0.483. The van der Waals surface area contributed by atoms with Crippen LogP contribution in [0.4, 0.5) is 0 Å². The van der Waals surface area contributed by atoms with E-state index in [2.05, 4.69) is 5.32 Å². The average Bonchev–Trinajstić information content (AvgIpc) is 2.99. The molecule has 1 aliphatic rings. The highest BCUT2D eigenvalue weighted by molar-refractivity contribution is 5.90. The molecule has 0 aromatic heterocycles. The Balaban J connectivity index is 2.56. The number of hydrogen-bond acceptors (Lipinski definition) is 3. The molecule has 0 bridgehead atoms. The van der Waals surface area contributed by atoms with Crippen LogP contribution in [-0.2, 0) is 9.59 Å². The first-order valence-corrected chi connectivity index (χ1v) is 5.72. The summed E-state index contributed by atoms with van der Waals surface area (Å²) in [6.07, 6.45) is 3.04. The van der Waals surface area contributed by atoms with E-state index in [9.17, 15) is 9.59 Å². The van der Waals surface area contributed by atoms with Gasteiger partial charge < -0.3 is 16.2 Å². The molecule has 2 atom stereocenters. The van der Waals surface area contributed by atoms with Crippen LogP contribution in [0.1, 0.15) is 39.5 Å². The Kier molecular flexibility index (Phi) is 3.91. The van der Waals surface area contributed by atoms with Crippen LogP contribution in [0.25, 0.3) is 0 Å². The molecule has 0 aliphatic heterocycles. The zero-order valence-corrected chi connectivity index (χ0v) is 9.82. The quantitative estimate of drug-likeness (QED) is 0.616. The number of carboxylic acid groups (broad SMARTS) is 1. The summed E-state index contributed by atoms with van der Waals surface area (Å²) < 4.78 is 0. The summed E-state index contributed by atoms with van der Waals surface area (Å²) >= 11 is 0. The van der Waals surface area contributed by atoms with Gasteiger partial charge in [-0.05, 0) is 32.1 Å². The Labute approximate surface area is 95.4 Å². The lowest BCUT2D eigenvalue weighted by Gasteiger charge is -2.25. The first-order chi connectivity index (χ1) is 7.39. The number of nitrogens with one attached hydrogen (secondary N) is 1. The van der Waals surface area contributed by atoms with E-state index in [-0.39, 0.29) is 11.8 Å². The molecule has 0 radical (unpaired) electrons. The molecule has 92 valence electrons. The standard InChI is InChI=1S/C11H20N2O3/c1-3-4-8(9(14)15)13-10(16)11(2,12)7-5-6-7/h7-8H,3-6,12H2,1-2H3,(H,13,16)(H,14,15). The third kappa shape index (κ3) is 2.95. The van der Waals surface area contributed by atoms with Crippen LogP contribution in [0.3, 0.4) is 0 Å². The third-order valence-corrected chi connectivity index (χ3v) is 3.10. The van der Waals surface area contributed by atoms with Gasteiger partial charge in [0.25, 0.3) is 0 Å². The second-order valence-electron chi connectivity index (χ2n) is 4.71. The normalized spacial score (nSPS) is 20.9. The van der Waals surface area contributed by atoms with Crippen molar-refractivity contribution < 1.29 is 14.7 Å². The summed E-state index contributed by atoms with van der Waals surface area (Å²) in [5, 5.41) is 11.4. The number of rotatable bonds is 6. The van der Waals surface area contributed by atoms with Crippen LogP contribution in [0.2, 0.25) is 0 Å². The van der Waals surface area contributed by atoms with Gasteiger partial charge in [-0.25, -0.2) is 4.79 Å². The van der Waals surface area contributed by atoms with Gasteiger partial charge in [0.15, 0.2) is 0 Å². The Bertz CT molecular complexity index is 285. The zero-order chi connectivity index (χ0) is 12.3. The van der Waals surface area contributed by atoms with Crippen molar-refractivity contribution in [3.63, 3.8) is 0 Å². The minimum atomic E-state index is -0.998. The molecule has 1 aliphatic carbocycles. The molecular weight excluding hydrogens is 208 g/mol. The SMILES string of the molecule is CCCC(NC(=O)C(C)(N)C1CC1)C(=O)O. The van der Waals surface area contributed by atoms with E-state index in [1.165, 1.54) is 0 Å². The zero-order valence-electron chi connectivity index (χ0n) is 9.82. The summed E-state index contributed by atoms with van der Waals surface area (Å²) in [7, 11) is 0. The Morgan fingerprint density at radius 3 is 2.50 bits per heavy atom. The molecule has 4 N–H and O–H groups in total. The maximum Gasteiger partial charge on any atom is 0.326 e. The largest absolute Gasteiger partial charge is 0.480 e. The highest BCUT2D eigenvalue weighted by atomic mass is 16.4. The van der Waals surface area contributed by atoms with Crippen molar-refractivity contribution in [1.82, 2.24) is 5.32 Å². The summed E-state index contributed by atoms with van der Waals surface area (Å²) in [4.78, 5) is 22.7. The lowest BCUT2D eigenvalue weighted by molar-refractivity contribution is -0.143. The Morgan fingerprint density at radius 1 is 1.56 bits per heavy atom. The van der Waals surface area contributed by atoms with E-state index < -0.39 is 17.6 Å². The van der Waals surface area contributed by atoms with Crippen LogP contribution in [0.15, 0.2) is 0 Å². The van der Waals surface area contributed by atoms with Crippen molar-refractivity contribution in [2.24, 2.45) is 11.7 Å². The molecule has 1 fully saturated rings. The number of amides is 1. The molecule has 16 heavy (non-hydrogen) atoms. The second-order valence-corrected chi connectivity index (χ2v) is 4.71. The average molecular weight is 228 g/mol. The summed E-state index contributed by atoms with van der Waals surface area (Å²) in [5.74, 6) is -1.15. The summed E-state index contributed by atoms with van der Waals surface area (Å²) in [6, 6.07) is -0.820. The number of carboxylic acids is 1. The van der Waals surface area contributed by atoms with E-state index >= 15 is 0 Å². The number of nitrogens with two attached hydrogens (primary N) is 1. The molecule has 2 unspecified atom stereocenters. The van der Waals surface area contributed by atoms with Gasteiger partial charge in [0.05, 0.1) is 5.54 Å². The molecule has 5 nitrogen and oxygen atoms in total. The fourth-order valence-electron chi connectivity index (χ4n) is 1.73. The van der Waals surface area contributed by atoms with E-state index in [1.807, 2.05) is 6.92 Å². The summed E-state index contributed by atoms with van der Waals surface area (Å²) in [6.45, 7) is 3.55. The Hall–Kier alpha value is -1.10. The number of hydrogen-bond donors (Lipinski definition) is 3. The molecule has 0 spiro atoms. The van der Waals surface area contributed by atoms with Crippen molar-refractivity contribution in [1.29, 1.82) is 0 Å². The first kappa shape index (κ1) is 13.0. The molecule has 0 heterocycles. The lowest BCUT2D eigenvalue weighted by atomic mass is 9.95. The molecule has 0 aromatic carbocycles. The minimum absolute atomic E-state index is 0.198. The van der Waals surface area contributed by atoms with Crippen molar-refractivity contribution in [2.45, 2.75) is 51.1 Å².